The summed E-state index contributed by atoms with van der Waals surface area (Å²) in [6, 6.07) is 11.6. The summed E-state index contributed by atoms with van der Waals surface area (Å²) < 4.78 is 0. The van der Waals surface area contributed by atoms with E-state index in [0.29, 0.717) is 10.8 Å². The maximum Gasteiger partial charge on any atom is 0.154 e. The van der Waals surface area contributed by atoms with E-state index in [0.717, 1.165) is 21.7 Å². The number of thiophene rings is 1. The van der Waals surface area contributed by atoms with Gasteiger partial charge in [-0.05, 0) is 23.6 Å². The minimum atomic E-state index is 0.516. The van der Waals surface area contributed by atoms with Crippen LogP contribution in [-0.4, -0.2) is 10.2 Å². The van der Waals surface area contributed by atoms with Crippen LogP contribution in [0.5, 0.6) is 0 Å². The maximum atomic E-state index is 5.94. The molecule has 18 heavy (non-hydrogen) atoms. The SMILES string of the molecule is Nc1n[nH]c(-c2ccc(Cl)cc2)c1-c1cccs1. The Morgan fingerprint density at radius 1 is 1.17 bits per heavy atom. The largest absolute Gasteiger partial charge is 0.382 e. The van der Waals surface area contributed by atoms with Crippen LogP contribution in [-0.2, 0) is 0 Å². The zero-order chi connectivity index (χ0) is 12.5. The minimum absolute atomic E-state index is 0.516. The number of anilines is 1. The van der Waals surface area contributed by atoms with Crippen molar-refractivity contribution in [3.8, 4) is 21.7 Å². The van der Waals surface area contributed by atoms with Gasteiger partial charge in [-0.1, -0.05) is 29.8 Å². The lowest BCUT2D eigenvalue weighted by atomic mass is 10.1. The first-order valence-electron chi connectivity index (χ1n) is 5.39. The predicted octanol–water partition coefficient (Wildman–Crippen LogP) is 4.04. The normalized spacial score (nSPS) is 10.7. The van der Waals surface area contributed by atoms with E-state index >= 15 is 0 Å². The van der Waals surface area contributed by atoms with Crippen LogP contribution in [0.25, 0.3) is 21.7 Å². The van der Waals surface area contributed by atoms with Gasteiger partial charge >= 0.3 is 0 Å². The number of nitrogens with two attached hydrogens (primary N) is 1. The number of nitrogens with one attached hydrogen (secondary N) is 1. The second-order valence-corrected chi connectivity index (χ2v) is 5.23. The second-order valence-electron chi connectivity index (χ2n) is 3.84. The van der Waals surface area contributed by atoms with E-state index < -0.39 is 0 Å². The average Bonchev–Trinajstić information content (AvgIpc) is 2.99. The van der Waals surface area contributed by atoms with Crippen molar-refractivity contribution < 1.29 is 0 Å². The Bertz CT molecular complexity index is 656. The van der Waals surface area contributed by atoms with Gasteiger partial charge in [0.25, 0.3) is 0 Å². The first-order chi connectivity index (χ1) is 8.75. The van der Waals surface area contributed by atoms with Gasteiger partial charge in [0, 0.05) is 15.5 Å². The molecule has 0 saturated heterocycles. The lowest BCUT2D eigenvalue weighted by Crippen LogP contribution is -1.86. The van der Waals surface area contributed by atoms with Crippen LogP contribution in [0.3, 0.4) is 0 Å². The number of hydrogen-bond acceptors (Lipinski definition) is 3. The van der Waals surface area contributed by atoms with Gasteiger partial charge in [0.15, 0.2) is 5.82 Å². The van der Waals surface area contributed by atoms with Gasteiger partial charge in [-0.25, -0.2) is 0 Å². The highest BCUT2D eigenvalue weighted by Crippen LogP contribution is 2.37. The predicted molar refractivity (Wildman–Crippen MR) is 76.8 cm³/mol. The van der Waals surface area contributed by atoms with Crippen molar-refractivity contribution in [1.29, 1.82) is 0 Å². The molecular weight excluding hydrogens is 266 g/mol. The van der Waals surface area contributed by atoms with Gasteiger partial charge < -0.3 is 5.73 Å². The summed E-state index contributed by atoms with van der Waals surface area (Å²) in [6.45, 7) is 0. The molecule has 2 aromatic heterocycles. The first-order valence-corrected chi connectivity index (χ1v) is 6.65. The zero-order valence-corrected chi connectivity index (χ0v) is 10.9. The molecule has 0 aliphatic carbocycles. The number of nitrogen functional groups attached to an aromatic ring is 1. The molecule has 3 N–H and O–H groups in total. The quantitative estimate of drug-likeness (QED) is 0.741. The molecule has 0 atom stereocenters. The number of aromatic amines is 1. The minimum Gasteiger partial charge on any atom is -0.382 e. The summed E-state index contributed by atoms with van der Waals surface area (Å²) in [5, 5.41) is 9.82. The molecular formula is C13H10ClN3S. The van der Waals surface area contributed by atoms with Crippen LogP contribution in [0.4, 0.5) is 5.82 Å². The Morgan fingerprint density at radius 3 is 2.61 bits per heavy atom. The van der Waals surface area contributed by atoms with Crippen LogP contribution < -0.4 is 5.73 Å². The van der Waals surface area contributed by atoms with Gasteiger partial charge in [-0.15, -0.1) is 11.3 Å². The van der Waals surface area contributed by atoms with Crippen molar-refractivity contribution in [2.75, 3.05) is 5.73 Å². The molecule has 0 fully saturated rings. The fourth-order valence-corrected chi connectivity index (χ4v) is 2.76. The highest BCUT2D eigenvalue weighted by molar-refractivity contribution is 7.13. The smallest absolute Gasteiger partial charge is 0.154 e. The molecule has 1 aromatic carbocycles. The van der Waals surface area contributed by atoms with E-state index in [1.807, 2.05) is 41.8 Å². The lowest BCUT2D eigenvalue weighted by molar-refractivity contribution is 1.10. The number of benzene rings is 1. The molecule has 0 spiro atoms. The summed E-state index contributed by atoms with van der Waals surface area (Å²) in [7, 11) is 0. The summed E-state index contributed by atoms with van der Waals surface area (Å²) >= 11 is 7.54. The molecule has 0 unspecified atom stereocenters. The molecule has 3 rings (SSSR count). The summed E-state index contributed by atoms with van der Waals surface area (Å²) in [4.78, 5) is 1.10. The summed E-state index contributed by atoms with van der Waals surface area (Å²) in [6.07, 6.45) is 0. The molecule has 90 valence electrons. The molecule has 5 heteroatoms. The third-order valence-electron chi connectivity index (χ3n) is 2.69. The average molecular weight is 276 g/mol. The van der Waals surface area contributed by atoms with Crippen molar-refractivity contribution >= 4 is 28.8 Å². The van der Waals surface area contributed by atoms with Crippen molar-refractivity contribution in [1.82, 2.24) is 10.2 Å². The van der Waals surface area contributed by atoms with Gasteiger partial charge in [0.1, 0.15) is 0 Å². The number of rotatable bonds is 2. The highest BCUT2D eigenvalue weighted by Gasteiger charge is 2.15. The molecule has 3 aromatic rings. The Morgan fingerprint density at radius 2 is 1.94 bits per heavy atom. The van der Waals surface area contributed by atoms with Crippen molar-refractivity contribution in [3.63, 3.8) is 0 Å². The van der Waals surface area contributed by atoms with Gasteiger partial charge in [-0.2, -0.15) is 5.10 Å². The molecule has 3 nitrogen and oxygen atoms in total. The number of nitrogens with zero attached hydrogens (tertiary/aromatic N) is 1. The molecule has 2 heterocycles. The van der Waals surface area contributed by atoms with E-state index in [2.05, 4.69) is 10.2 Å². The second kappa shape index (κ2) is 4.48. The lowest BCUT2D eigenvalue weighted by Gasteiger charge is -2.02. The molecule has 0 aliphatic rings. The third kappa shape index (κ3) is 1.89. The molecule has 0 saturated carbocycles. The van der Waals surface area contributed by atoms with Gasteiger partial charge in [0.05, 0.1) is 11.3 Å². The van der Waals surface area contributed by atoms with E-state index in [4.69, 9.17) is 17.3 Å². The summed E-state index contributed by atoms with van der Waals surface area (Å²) in [5.41, 5.74) is 8.83. The first kappa shape index (κ1) is 11.3. The maximum absolute atomic E-state index is 5.94. The third-order valence-corrected chi connectivity index (χ3v) is 3.83. The van der Waals surface area contributed by atoms with E-state index in [1.165, 1.54) is 0 Å². The zero-order valence-electron chi connectivity index (χ0n) is 9.35. The fraction of sp³-hybridized carbons (Fsp3) is 0. The summed E-state index contributed by atoms with van der Waals surface area (Å²) in [5.74, 6) is 0.516. The monoisotopic (exact) mass is 275 g/mol. The number of halogens is 1. The topological polar surface area (TPSA) is 54.7 Å². The van der Waals surface area contributed by atoms with Crippen molar-refractivity contribution in [2.45, 2.75) is 0 Å². The van der Waals surface area contributed by atoms with E-state index in [1.54, 1.807) is 11.3 Å². The van der Waals surface area contributed by atoms with Crippen LogP contribution in [0.15, 0.2) is 41.8 Å². The van der Waals surface area contributed by atoms with Crippen molar-refractivity contribution in [2.24, 2.45) is 0 Å². The highest BCUT2D eigenvalue weighted by atomic mass is 35.5. The Labute approximate surface area is 113 Å². The van der Waals surface area contributed by atoms with E-state index in [9.17, 15) is 0 Å². The van der Waals surface area contributed by atoms with Crippen LogP contribution in [0.2, 0.25) is 5.02 Å². The fourth-order valence-electron chi connectivity index (χ4n) is 1.85. The molecule has 0 radical (unpaired) electrons. The van der Waals surface area contributed by atoms with Crippen LogP contribution >= 0.6 is 22.9 Å². The number of H-pyrrole nitrogens is 1. The van der Waals surface area contributed by atoms with Crippen LogP contribution in [0, 0.1) is 0 Å². The number of hydrogen-bond donors (Lipinski definition) is 2. The molecule has 0 aliphatic heterocycles. The van der Waals surface area contributed by atoms with Crippen molar-refractivity contribution in [3.05, 3.63) is 46.8 Å². The van der Waals surface area contributed by atoms with Gasteiger partial charge in [-0.3, -0.25) is 5.10 Å². The van der Waals surface area contributed by atoms with Gasteiger partial charge in [0.2, 0.25) is 0 Å². The standard InChI is InChI=1S/C13H10ClN3S/c14-9-5-3-8(4-6-9)12-11(13(15)17-16-12)10-2-1-7-18-10/h1-7H,(H3,15,16,17). The van der Waals surface area contributed by atoms with E-state index in [-0.39, 0.29) is 0 Å². The number of aromatic nitrogens is 2. The Hall–Kier alpha value is -1.78. The molecule has 0 bridgehead atoms. The molecule has 0 amide bonds. The van der Waals surface area contributed by atoms with Crippen LogP contribution in [0.1, 0.15) is 0 Å². The Balaban J connectivity index is 2.16. The Kier molecular flexibility index (Phi) is 2.81.